The van der Waals surface area contributed by atoms with Gasteiger partial charge in [0, 0.05) is 50.0 Å². The minimum Gasteiger partial charge on any atom is -0.497 e. The van der Waals surface area contributed by atoms with Crippen LogP contribution >= 0.6 is 0 Å². The number of nitrogens with one attached hydrogen (secondary N) is 1. The third kappa shape index (κ3) is 6.22. The fraction of sp³-hybridized carbons (Fsp3) is 0.346. The summed E-state index contributed by atoms with van der Waals surface area (Å²) < 4.78 is 5.22. The van der Waals surface area contributed by atoms with Crippen LogP contribution in [-0.2, 0) is 11.2 Å². The van der Waals surface area contributed by atoms with Crippen LogP contribution in [0.3, 0.4) is 0 Å². The normalized spacial score (nSPS) is 13.6. The van der Waals surface area contributed by atoms with Crippen molar-refractivity contribution in [1.82, 2.24) is 14.9 Å². The molecule has 2 heterocycles. The summed E-state index contributed by atoms with van der Waals surface area (Å²) in [6.45, 7) is 4.83. The van der Waals surface area contributed by atoms with Gasteiger partial charge in [0.2, 0.25) is 11.9 Å². The summed E-state index contributed by atoms with van der Waals surface area (Å²) >= 11 is 0. The minimum absolute atomic E-state index is 0.234. The van der Waals surface area contributed by atoms with Gasteiger partial charge in [0.1, 0.15) is 11.6 Å². The Morgan fingerprint density at radius 2 is 1.73 bits per heavy atom. The van der Waals surface area contributed by atoms with Crippen LogP contribution in [0.25, 0.3) is 0 Å². The molecule has 0 atom stereocenters. The second kappa shape index (κ2) is 10.8. The highest BCUT2D eigenvalue weighted by molar-refractivity contribution is 5.76. The highest BCUT2D eigenvalue weighted by atomic mass is 16.5. The average Bonchev–Trinajstić information content (AvgIpc) is 2.85. The van der Waals surface area contributed by atoms with E-state index in [1.54, 1.807) is 7.11 Å². The summed E-state index contributed by atoms with van der Waals surface area (Å²) in [7, 11) is 1.65. The standard InChI is InChI=1S/C26H31N5O2/c1-20-19-24(28-22-11-13-23(33-2)14-12-22)29-26(27-20)31-17-15-30(16-18-31)25(32)10-6-9-21-7-4-3-5-8-21/h3-5,7-8,11-14,19H,6,9-10,15-18H2,1-2H3,(H,27,28,29). The predicted molar refractivity (Wildman–Crippen MR) is 131 cm³/mol. The molecule has 1 N–H and O–H groups in total. The molecule has 0 aliphatic carbocycles. The van der Waals surface area contributed by atoms with E-state index in [-0.39, 0.29) is 5.91 Å². The van der Waals surface area contributed by atoms with Gasteiger partial charge in [0.25, 0.3) is 0 Å². The van der Waals surface area contributed by atoms with E-state index in [0.717, 1.165) is 48.9 Å². The number of piperazine rings is 1. The zero-order chi connectivity index (χ0) is 23.0. The van der Waals surface area contributed by atoms with Gasteiger partial charge < -0.3 is 19.9 Å². The Bertz CT molecular complexity index is 1050. The van der Waals surface area contributed by atoms with Gasteiger partial charge in [-0.15, -0.1) is 0 Å². The Hall–Kier alpha value is -3.61. The van der Waals surface area contributed by atoms with Gasteiger partial charge in [-0.05, 0) is 49.6 Å². The van der Waals surface area contributed by atoms with E-state index in [1.807, 2.05) is 60.4 Å². The number of ether oxygens (including phenoxy) is 1. The first-order valence-electron chi connectivity index (χ1n) is 11.4. The zero-order valence-electron chi connectivity index (χ0n) is 19.3. The first-order chi connectivity index (χ1) is 16.1. The molecule has 4 rings (SSSR count). The Morgan fingerprint density at radius 3 is 2.42 bits per heavy atom. The number of aryl methyl sites for hydroxylation is 2. The third-order valence-electron chi connectivity index (χ3n) is 5.82. The summed E-state index contributed by atoms with van der Waals surface area (Å²) in [5.41, 5.74) is 3.12. The predicted octanol–water partition coefficient (Wildman–Crippen LogP) is 4.21. The first-order valence-corrected chi connectivity index (χ1v) is 11.4. The summed E-state index contributed by atoms with van der Waals surface area (Å²) in [6.07, 6.45) is 2.41. The summed E-state index contributed by atoms with van der Waals surface area (Å²) in [5, 5.41) is 3.34. The number of benzene rings is 2. The zero-order valence-corrected chi connectivity index (χ0v) is 19.3. The summed E-state index contributed by atoms with van der Waals surface area (Å²) in [4.78, 5) is 26.1. The molecule has 2 aromatic carbocycles. The van der Waals surface area contributed by atoms with Crippen molar-refractivity contribution in [1.29, 1.82) is 0 Å². The topological polar surface area (TPSA) is 70.6 Å². The number of amides is 1. The molecule has 0 spiro atoms. The maximum Gasteiger partial charge on any atom is 0.227 e. The van der Waals surface area contributed by atoms with Gasteiger partial charge in [-0.2, -0.15) is 4.98 Å². The van der Waals surface area contributed by atoms with Gasteiger partial charge in [0.15, 0.2) is 0 Å². The SMILES string of the molecule is COc1ccc(Nc2cc(C)nc(N3CCN(C(=O)CCCc4ccccc4)CC3)n2)cc1. The average molecular weight is 446 g/mol. The molecule has 0 saturated carbocycles. The molecule has 7 nitrogen and oxygen atoms in total. The fourth-order valence-corrected chi connectivity index (χ4v) is 3.98. The number of rotatable bonds is 8. The maximum atomic E-state index is 12.6. The highest BCUT2D eigenvalue weighted by Gasteiger charge is 2.22. The molecule has 1 aliphatic heterocycles. The molecule has 0 radical (unpaired) electrons. The molecule has 0 unspecified atom stereocenters. The molecule has 3 aromatic rings. The van der Waals surface area contributed by atoms with Crippen molar-refractivity contribution in [3.63, 3.8) is 0 Å². The van der Waals surface area contributed by atoms with Crippen molar-refractivity contribution in [3.05, 3.63) is 71.9 Å². The Labute approximate surface area is 195 Å². The number of hydrogen-bond acceptors (Lipinski definition) is 6. The van der Waals surface area contributed by atoms with Crippen LogP contribution < -0.4 is 15.0 Å². The van der Waals surface area contributed by atoms with E-state index in [1.165, 1.54) is 5.56 Å². The second-order valence-corrected chi connectivity index (χ2v) is 8.26. The van der Waals surface area contributed by atoms with E-state index in [9.17, 15) is 4.79 Å². The fourth-order valence-electron chi connectivity index (χ4n) is 3.98. The van der Waals surface area contributed by atoms with Crippen molar-refractivity contribution in [3.8, 4) is 5.75 Å². The van der Waals surface area contributed by atoms with Crippen LogP contribution in [-0.4, -0.2) is 54.1 Å². The minimum atomic E-state index is 0.234. The molecular weight excluding hydrogens is 414 g/mol. The quantitative estimate of drug-likeness (QED) is 0.560. The number of methoxy groups -OCH3 is 1. The monoisotopic (exact) mass is 445 g/mol. The first kappa shape index (κ1) is 22.6. The number of carbonyl (C=O) groups is 1. The largest absolute Gasteiger partial charge is 0.497 e. The smallest absolute Gasteiger partial charge is 0.227 e. The Balaban J connectivity index is 1.30. The lowest BCUT2D eigenvalue weighted by Crippen LogP contribution is -2.49. The summed E-state index contributed by atoms with van der Waals surface area (Å²) in [5.74, 6) is 2.49. The molecule has 1 fully saturated rings. The lowest BCUT2D eigenvalue weighted by atomic mass is 10.1. The van der Waals surface area contributed by atoms with Crippen molar-refractivity contribution in [2.75, 3.05) is 43.5 Å². The van der Waals surface area contributed by atoms with E-state index in [2.05, 4.69) is 27.3 Å². The van der Waals surface area contributed by atoms with Gasteiger partial charge in [0.05, 0.1) is 7.11 Å². The number of aromatic nitrogens is 2. The number of anilines is 3. The van der Waals surface area contributed by atoms with E-state index >= 15 is 0 Å². The van der Waals surface area contributed by atoms with Crippen LogP contribution in [0.2, 0.25) is 0 Å². The maximum absolute atomic E-state index is 12.6. The molecule has 0 bridgehead atoms. The van der Waals surface area contributed by atoms with Crippen LogP contribution in [0.15, 0.2) is 60.7 Å². The molecule has 1 aliphatic rings. The van der Waals surface area contributed by atoms with E-state index < -0.39 is 0 Å². The Morgan fingerprint density at radius 1 is 1.00 bits per heavy atom. The number of carbonyl (C=O) groups excluding carboxylic acids is 1. The van der Waals surface area contributed by atoms with Crippen molar-refractivity contribution in [2.45, 2.75) is 26.2 Å². The number of hydrogen-bond donors (Lipinski definition) is 1. The van der Waals surface area contributed by atoms with Crippen LogP contribution in [0.5, 0.6) is 5.75 Å². The van der Waals surface area contributed by atoms with Crippen molar-refractivity contribution in [2.24, 2.45) is 0 Å². The number of nitrogens with zero attached hydrogens (tertiary/aromatic N) is 4. The van der Waals surface area contributed by atoms with Gasteiger partial charge in [-0.3, -0.25) is 4.79 Å². The van der Waals surface area contributed by atoms with Crippen molar-refractivity contribution >= 4 is 23.4 Å². The molecular formula is C26H31N5O2. The van der Waals surface area contributed by atoms with Crippen LogP contribution in [0.4, 0.5) is 17.5 Å². The molecule has 33 heavy (non-hydrogen) atoms. The van der Waals surface area contributed by atoms with Gasteiger partial charge in [-0.25, -0.2) is 4.98 Å². The Kier molecular flexibility index (Phi) is 7.40. The van der Waals surface area contributed by atoms with E-state index in [4.69, 9.17) is 9.72 Å². The lowest BCUT2D eigenvalue weighted by molar-refractivity contribution is -0.131. The highest BCUT2D eigenvalue weighted by Crippen LogP contribution is 2.22. The second-order valence-electron chi connectivity index (χ2n) is 8.26. The molecule has 7 heteroatoms. The van der Waals surface area contributed by atoms with Gasteiger partial charge >= 0.3 is 0 Å². The molecule has 1 amide bonds. The van der Waals surface area contributed by atoms with Gasteiger partial charge in [-0.1, -0.05) is 30.3 Å². The molecule has 1 saturated heterocycles. The van der Waals surface area contributed by atoms with Crippen LogP contribution in [0, 0.1) is 6.92 Å². The third-order valence-corrected chi connectivity index (χ3v) is 5.82. The van der Waals surface area contributed by atoms with E-state index in [0.29, 0.717) is 25.5 Å². The molecule has 172 valence electrons. The summed E-state index contributed by atoms with van der Waals surface area (Å²) in [6, 6.07) is 20.0. The lowest BCUT2D eigenvalue weighted by Gasteiger charge is -2.35. The van der Waals surface area contributed by atoms with Crippen molar-refractivity contribution < 1.29 is 9.53 Å². The van der Waals surface area contributed by atoms with Crippen LogP contribution in [0.1, 0.15) is 24.1 Å². The molecule has 1 aromatic heterocycles.